The van der Waals surface area contributed by atoms with E-state index in [0.717, 1.165) is 34.4 Å². The predicted molar refractivity (Wildman–Crippen MR) is 117 cm³/mol. The van der Waals surface area contributed by atoms with Gasteiger partial charge in [0.1, 0.15) is 17.2 Å². The fourth-order valence-electron chi connectivity index (χ4n) is 5.75. The van der Waals surface area contributed by atoms with Crippen molar-refractivity contribution >= 4 is 28.3 Å². The molecule has 1 amide bonds. The fraction of sp³-hybridized carbons (Fsp3) is 0.522. The lowest BCUT2D eigenvalue weighted by Gasteiger charge is -2.58. The van der Waals surface area contributed by atoms with E-state index in [9.17, 15) is 33.7 Å². The van der Waals surface area contributed by atoms with Crippen LogP contribution in [0.5, 0.6) is 0 Å². The number of aromatic nitrogens is 1. The van der Waals surface area contributed by atoms with Crippen molar-refractivity contribution in [2.45, 2.75) is 51.6 Å². The van der Waals surface area contributed by atoms with Crippen molar-refractivity contribution in [3.63, 3.8) is 0 Å². The molecular formula is C23H26F2N2O5S. The summed E-state index contributed by atoms with van der Waals surface area (Å²) < 4.78 is 28.0. The van der Waals surface area contributed by atoms with Crippen molar-refractivity contribution in [3.05, 3.63) is 46.0 Å². The number of aliphatic hydroxyl groups excluding tert-OH is 2. The highest BCUT2D eigenvalue weighted by atomic mass is 32.1. The Labute approximate surface area is 193 Å². The maximum absolute atomic E-state index is 14.0. The first kappa shape index (κ1) is 23.7. The maximum Gasteiger partial charge on any atom is 0.304 e. The predicted octanol–water partition coefficient (Wildman–Crippen LogP) is 3.56. The maximum atomic E-state index is 14.0. The molecule has 0 unspecified atom stereocenters. The molecule has 1 aromatic heterocycles. The van der Waals surface area contributed by atoms with Gasteiger partial charge in [0.2, 0.25) is 0 Å². The number of nitrogens with zero attached hydrogens (tertiary/aromatic N) is 1. The minimum Gasteiger partial charge on any atom is -0.481 e. The third-order valence-electron chi connectivity index (χ3n) is 7.68. The molecular weight excluding hydrogens is 454 g/mol. The zero-order valence-corrected chi connectivity index (χ0v) is 19.1. The summed E-state index contributed by atoms with van der Waals surface area (Å²) in [5.41, 5.74) is -1.55. The first-order valence-electron chi connectivity index (χ1n) is 10.8. The average Bonchev–Trinajstić information content (AvgIpc) is 3.14. The topological polar surface area (TPSA) is 120 Å². The van der Waals surface area contributed by atoms with Crippen molar-refractivity contribution in [1.82, 2.24) is 4.98 Å². The number of hydrogen-bond donors (Lipinski definition) is 4. The van der Waals surface area contributed by atoms with Gasteiger partial charge in [-0.05, 0) is 42.7 Å². The summed E-state index contributed by atoms with van der Waals surface area (Å²) in [5, 5.41) is 33.1. The van der Waals surface area contributed by atoms with Crippen LogP contribution in [0.15, 0.2) is 18.2 Å². The van der Waals surface area contributed by atoms with E-state index < -0.39 is 51.9 Å². The lowest BCUT2D eigenvalue weighted by molar-refractivity contribution is -0.150. The van der Waals surface area contributed by atoms with E-state index in [-0.39, 0.29) is 24.1 Å². The lowest BCUT2D eigenvalue weighted by atomic mass is 9.47. The summed E-state index contributed by atoms with van der Waals surface area (Å²) >= 11 is 1.12. The van der Waals surface area contributed by atoms with Crippen LogP contribution in [0.2, 0.25) is 0 Å². The molecule has 2 aliphatic carbocycles. The molecule has 1 fully saturated rings. The number of carbonyl (C=O) groups is 2. The molecule has 10 heteroatoms. The van der Waals surface area contributed by atoms with Gasteiger partial charge in [-0.15, -0.1) is 11.3 Å². The molecule has 1 saturated carbocycles. The molecule has 0 spiro atoms. The number of carboxylic acids is 1. The van der Waals surface area contributed by atoms with E-state index in [1.54, 1.807) is 0 Å². The molecule has 0 aliphatic heterocycles. The number of benzene rings is 1. The van der Waals surface area contributed by atoms with Crippen molar-refractivity contribution in [1.29, 1.82) is 0 Å². The van der Waals surface area contributed by atoms with Crippen LogP contribution in [0.4, 0.5) is 13.9 Å². The van der Waals surface area contributed by atoms with Crippen LogP contribution in [0, 0.1) is 28.4 Å². The van der Waals surface area contributed by atoms with Crippen LogP contribution >= 0.6 is 11.3 Å². The number of anilines is 1. The molecule has 5 atom stereocenters. The second-order valence-electron chi connectivity index (χ2n) is 9.51. The monoisotopic (exact) mass is 480 g/mol. The van der Waals surface area contributed by atoms with E-state index in [0.29, 0.717) is 25.0 Å². The SMILES string of the molecule is C[C@]1(CO)[C@H]2Cc3sc(NC(=O)c4c(F)cccc4F)nc3[C@@H](CC(=O)O)[C@]2(C)CC[C@H]1O. The molecule has 4 rings (SSSR count). The van der Waals surface area contributed by atoms with E-state index in [4.69, 9.17) is 0 Å². The molecule has 178 valence electrons. The molecule has 0 bridgehead atoms. The van der Waals surface area contributed by atoms with Crippen LogP contribution in [0.3, 0.4) is 0 Å². The Morgan fingerprint density at radius 2 is 1.94 bits per heavy atom. The summed E-state index contributed by atoms with van der Waals surface area (Å²) in [6.07, 6.45) is 0.499. The molecule has 1 aromatic carbocycles. The van der Waals surface area contributed by atoms with Gasteiger partial charge in [0, 0.05) is 16.2 Å². The largest absolute Gasteiger partial charge is 0.481 e. The molecule has 2 aromatic rings. The van der Waals surface area contributed by atoms with Crippen molar-refractivity contribution in [2.75, 3.05) is 11.9 Å². The Balaban J connectivity index is 1.73. The first-order chi connectivity index (χ1) is 15.5. The summed E-state index contributed by atoms with van der Waals surface area (Å²) in [5.74, 6) is -4.70. The molecule has 7 nitrogen and oxygen atoms in total. The molecule has 1 heterocycles. The smallest absolute Gasteiger partial charge is 0.304 e. The molecule has 0 saturated heterocycles. The number of aliphatic carboxylic acids is 1. The second kappa shape index (κ2) is 8.41. The Hall–Kier alpha value is -2.43. The molecule has 33 heavy (non-hydrogen) atoms. The van der Waals surface area contributed by atoms with Gasteiger partial charge >= 0.3 is 5.97 Å². The number of halogens is 2. The zero-order valence-electron chi connectivity index (χ0n) is 18.3. The Morgan fingerprint density at radius 3 is 2.55 bits per heavy atom. The number of rotatable bonds is 5. The van der Waals surface area contributed by atoms with Gasteiger partial charge in [0.25, 0.3) is 5.91 Å². The summed E-state index contributed by atoms with van der Waals surface area (Å²) in [7, 11) is 0. The van der Waals surface area contributed by atoms with Crippen LogP contribution in [-0.4, -0.2) is 44.9 Å². The summed E-state index contributed by atoms with van der Waals surface area (Å²) in [4.78, 5) is 29.5. The van der Waals surface area contributed by atoms with E-state index in [1.807, 2.05) is 13.8 Å². The number of carbonyl (C=O) groups excluding carboxylic acids is 1. The first-order valence-corrected chi connectivity index (χ1v) is 11.6. The van der Waals surface area contributed by atoms with Gasteiger partial charge in [0.05, 0.1) is 24.8 Å². The number of fused-ring (bicyclic) bond motifs is 2. The van der Waals surface area contributed by atoms with E-state index >= 15 is 0 Å². The van der Waals surface area contributed by atoms with E-state index in [2.05, 4.69) is 10.3 Å². The van der Waals surface area contributed by atoms with Crippen LogP contribution in [-0.2, 0) is 11.2 Å². The van der Waals surface area contributed by atoms with Crippen molar-refractivity contribution < 1.29 is 33.7 Å². The minimum absolute atomic E-state index is 0.122. The lowest BCUT2D eigenvalue weighted by Crippen LogP contribution is -2.57. The minimum atomic E-state index is -1.00. The van der Waals surface area contributed by atoms with Crippen molar-refractivity contribution in [2.24, 2.45) is 16.7 Å². The quantitative estimate of drug-likeness (QED) is 0.520. The Kier molecular flexibility index (Phi) is 6.05. The normalized spacial score (nSPS) is 30.9. The van der Waals surface area contributed by atoms with Gasteiger partial charge in [-0.1, -0.05) is 19.9 Å². The van der Waals surface area contributed by atoms with E-state index in [1.165, 1.54) is 0 Å². The summed E-state index contributed by atoms with van der Waals surface area (Å²) in [6.45, 7) is 3.53. The highest BCUT2D eigenvalue weighted by Gasteiger charge is 2.59. The third kappa shape index (κ3) is 3.83. The molecule has 2 aliphatic rings. The number of carboxylic acid groups (broad SMARTS) is 1. The molecule has 4 N–H and O–H groups in total. The van der Waals surface area contributed by atoms with Crippen LogP contribution in [0.25, 0.3) is 0 Å². The number of nitrogens with one attached hydrogen (secondary N) is 1. The van der Waals surface area contributed by atoms with Gasteiger partial charge < -0.3 is 15.3 Å². The van der Waals surface area contributed by atoms with Crippen LogP contribution in [0.1, 0.15) is 60.0 Å². The highest BCUT2D eigenvalue weighted by Crippen LogP contribution is 2.62. The summed E-state index contributed by atoms with van der Waals surface area (Å²) in [6, 6.07) is 3.13. The second-order valence-corrected chi connectivity index (χ2v) is 10.6. The number of amides is 1. The highest BCUT2D eigenvalue weighted by molar-refractivity contribution is 7.15. The number of aliphatic hydroxyl groups is 2. The fourth-order valence-corrected chi connectivity index (χ4v) is 6.81. The van der Waals surface area contributed by atoms with Gasteiger partial charge in [-0.2, -0.15) is 0 Å². The zero-order chi connectivity index (χ0) is 24.1. The number of thiazole rings is 1. The number of hydrogen-bond acceptors (Lipinski definition) is 6. The van der Waals surface area contributed by atoms with Crippen LogP contribution < -0.4 is 5.32 Å². The Morgan fingerprint density at radius 1 is 1.27 bits per heavy atom. The van der Waals surface area contributed by atoms with Gasteiger partial charge in [-0.3, -0.25) is 14.9 Å². The van der Waals surface area contributed by atoms with Crippen molar-refractivity contribution in [3.8, 4) is 0 Å². The van der Waals surface area contributed by atoms with Gasteiger partial charge in [-0.25, -0.2) is 13.8 Å². The standard InChI is InChI=1S/C23H26F2N2O5S/c1-22-7-6-16(29)23(2,10-28)15(22)9-14-19(11(22)8-17(30)31)26-21(33-14)27-20(32)18-12(24)4-3-5-13(18)25/h3-5,11,15-16,28-29H,6-10H2,1-2H3,(H,30,31)(H,26,27,32)/t11-,15+,16-,22+,23+/m1/s1. The third-order valence-corrected chi connectivity index (χ3v) is 8.69. The van der Waals surface area contributed by atoms with Gasteiger partial charge in [0.15, 0.2) is 5.13 Å². The molecule has 0 radical (unpaired) electrons. The average molecular weight is 481 g/mol. The Bertz CT molecular complexity index is 1090.